The molecule has 0 aliphatic carbocycles. The van der Waals surface area contributed by atoms with Gasteiger partial charge in [0, 0.05) is 0 Å². The number of hydrogen-bond donors (Lipinski definition) is 0. The molecule has 0 N–H and O–H groups in total. The first-order chi connectivity index (χ1) is 4.56. The van der Waals surface area contributed by atoms with Crippen LogP contribution in [-0.2, 0) is 0 Å². The first-order valence-electron chi connectivity index (χ1n) is 1.98. The van der Waals surface area contributed by atoms with Crippen LogP contribution in [0.2, 0.25) is 0 Å². The molecule has 0 atom stereocenters. The zero-order valence-corrected chi connectivity index (χ0v) is 9.54. The van der Waals surface area contributed by atoms with Crippen molar-refractivity contribution in [2.75, 3.05) is 0 Å². The summed E-state index contributed by atoms with van der Waals surface area (Å²) in [5.74, 6) is 0. The zero-order valence-electron chi connectivity index (χ0n) is 5.70. The van der Waals surface area contributed by atoms with E-state index < -0.39 is 0 Å². The van der Waals surface area contributed by atoms with E-state index in [0.717, 1.165) is 0 Å². The summed E-state index contributed by atoms with van der Waals surface area (Å²) >= 11 is 19.2. The molecule has 0 rings (SSSR count). The topological polar surface area (TPSA) is 0 Å². The van der Waals surface area contributed by atoms with Gasteiger partial charge >= 0.3 is 0 Å². The van der Waals surface area contributed by atoms with Crippen LogP contribution in [0.5, 0.6) is 0 Å². The normalized spacial score (nSPS) is 4.73. The molecule has 68 valence electrons. The van der Waals surface area contributed by atoms with Gasteiger partial charge in [0.2, 0.25) is 0 Å². The molecule has 0 nitrogen and oxygen atoms in total. The van der Waals surface area contributed by atoms with Crippen LogP contribution in [0.4, 0.5) is 0 Å². The van der Waals surface area contributed by atoms with Crippen LogP contribution < -0.4 is 0 Å². The maximum absolute atomic E-state index is 4.85. The van der Waals surface area contributed by atoms with Crippen LogP contribution in [0.25, 0.3) is 0 Å². The van der Waals surface area contributed by atoms with Crippen LogP contribution >= 0.6 is 58.8 Å². The van der Waals surface area contributed by atoms with Gasteiger partial charge in [0.25, 0.3) is 0 Å². The highest BCUT2D eigenvalue weighted by Crippen LogP contribution is 1.98. The average Bonchev–Trinajstić information content (AvgIpc) is 1.65. The van der Waals surface area contributed by atoms with Gasteiger partial charge in [0.1, 0.15) is 0 Å². The molecule has 0 aliphatic rings. The Bertz CT molecular complexity index is 79.0. The Morgan fingerprint density at radius 2 is 1.00 bits per heavy atom. The number of halogens is 5. The molecule has 0 aromatic heterocycles. The summed E-state index contributed by atoms with van der Waals surface area (Å²) in [6.07, 6.45) is 0. The molecular weight excluding hydrogens is 249 g/mol. The largest absolute Gasteiger partial charge is 0.147 e. The quantitative estimate of drug-likeness (QED) is 0.567. The molecule has 0 amide bonds. The molecule has 0 unspecified atom stereocenters. The fourth-order valence-corrected chi connectivity index (χ4v) is 0. The van der Waals surface area contributed by atoms with Gasteiger partial charge < -0.3 is 0 Å². The van der Waals surface area contributed by atoms with Crippen molar-refractivity contribution in [1.29, 1.82) is 0 Å². The SMILES string of the molecule is C=C(Cl)Cl.C=CCl.C=CCl.Cl. The number of hydrogen-bond acceptors (Lipinski definition) is 0. The van der Waals surface area contributed by atoms with Crippen molar-refractivity contribution >= 4 is 58.8 Å². The van der Waals surface area contributed by atoms with E-state index >= 15 is 0 Å². The van der Waals surface area contributed by atoms with Gasteiger partial charge in [0.15, 0.2) is 0 Å². The van der Waals surface area contributed by atoms with Crippen molar-refractivity contribution in [3.8, 4) is 0 Å². The molecule has 0 bridgehead atoms. The van der Waals surface area contributed by atoms with E-state index in [1.54, 1.807) is 0 Å². The van der Waals surface area contributed by atoms with E-state index in [2.05, 4.69) is 19.7 Å². The van der Waals surface area contributed by atoms with Gasteiger partial charge in [0.05, 0.1) is 4.49 Å². The minimum Gasteiger partial charge on any atom is -0.147 e. The Morgan fingerprint density at radius 1 is 1.00 bits per heavy atom. The Labute approximate surface area is 93.9 Å². The van der Waals surface area contributed by atoms with Crippen molar-refractivity contribution in [1.82, 2.24) is 0 Å². The fraction of sp³-hybridized carbons (Fsp3) is 0. The van der Waals surface area contributed by atoms with Crippen LogP contribution in [-0.4, -0.2) is 0 Å². The lowest BCUT2D eigenvalue weighted by Crippen LogP contribution is -1.24. The van der Waals surface area contributed by atoms with Crippen LogP contribution in [0.1, 0.15) is 0 Å². The lowest BCUT2D eigenvalue weighted by Gasteiger charge is -1.57. The predicted octanol–water partition coefficient (Wildman–Crippen LogP) is 5.09. The van der Waals surface area contributed by atoms with Crippen LogP contribution in [0, 0.1) is 0 Å². The summed E-state index contributed by atoms with van der Waals surface area (Å²) in [7, 11) is 0. The van der Waals surface area contributed by atoms with E-state index in [4.69, 9.17) is 46.4 Å². The molecule has 0 saturated carbocycles. The van der Waals surface area contributed by atoms with Crippen LogP contribution in [0.3, 0.4) is 0 Å². The second kappa shape index (κ2) is 31.0. The Morgan fingerprint density at radius 3 is 1.00 bits per heavy atom. The highest BCUT2D eigenvalue weighted by atomic mass is 35.5. The van der Waals surface area contributed by atoms with Gasteiger partial charge in [-0.2, -0.15) is 0 Å². The standard InChI is InChI=1S/C2H2Cl2.2C2H3Cl.ClH/c1-2(3)4;2*1-2-3;/h1H2;2*2H,1H2;1H. The second-order valence-corrected chi connectivity index (χ2v) is 2.37. The lowest BCUT2D eigenvalue weighted by atomic mass is 11.3. The Hall–Kier alpha value is 0.670. The monoisotopic (exact) mass is 256 g/mol. The summed E-state index contributed by atoms with van der Waals surface area (Å²) in [5, 5.41) is 0. The van der Waals surface area contributed by atoms with Crippen LogP contribution in [0.15, 0.2) is 35.3 Å². The summed E-state index contributed by atoms with van der Waals surface area (Å²) in [6.45, 7) is 9.34. The summed E-state index contributed by atoms with van der Waals surface area (Å²) < 4.78 is 0.111. The van der Waals surface area contributed by atoms with Gasteiger partial charge in [-0.1, -0.05) is 66.1 Å². The summed E-state index contributed by atoms with van der Waals surface area (Å²) in [6, 6.07) is 0. The molecule has 0 aromatic carbocycles. The van der Waals surface area contributed by atoms with Gasteiger partial charge in [-0.3, -0.25) is 0 Å². The summed E-state index contributed by atoms with van der Waals surface area (Å²) in [4.78, 5) is 0. The highest BCUT2D eigenvalue weighted by molar-refractivity contribution is 6.55. The predicted molar refractivity (Wildman–Crippen MR) is 60.2 cm³/mol. The van der Waals surface area contributed by atoms with E-state index in [-0.39, 0.29) is 16.9 Å². The molecule has 0 fully saturated rings. The van der Waals surface area contributed by atoms with Crippen molar-refractivity contribution in [3.63, 3.8) is 0 Å². The number of rotatable bonds is 0. The van der Waals surface area contributed by atoms with Gasteiger partial charge in [-0.25, -0.2) is 0 Å². The minimum atomic E-state index is 0. The molecular formula is C6H9Cl5. The average molecular weight is 258 g/mol. The molecule has 0 aromatic rings. The van der Waals surface area contributed by atoms with E-state index in [1.165, 1.54) is 11.1 Å². The van der Waals surface area contributed by atoms with E-state index in [1.807, 2.05) is 0 Å². The lowest BCUT2D eigenvalue weighted by molar-refractivity contribution is 2.45. The Balaban J connectivity index is -0.0000000325. The minimum absolute atomic E-state index is 0. The fourth-order valence-electron chi connectivity index (χ4n) is 0. The van der Waals surface area contributed by atoms with E-state index in [9.17, 15) is 0 Å². The Kier molecular flexibility index (Phi) is 63.7. The summed E-state index contributed by atoms with van der Waals surface area (Å²) in [5.41, 5.74) is 2.44. The van der Waals surface area contributed by atoms with Gasteiger partial charge in [-0.05, 0) is 11.1 Å². The molecule has 5 heteroatoms. The molecule has 0 radical (unpaired) electrons. The van der Waals surface area contributed by atoms with E-state index in [0.29, 0.717) is 0 Å². The molecule has 11 heavy (non-hydrogen) atoms. The van der Waals surface area contributed by atoms with Crippen molar-refractivity contribution < 1.29 is 0 Å². The third-order valence-corrected chi connectivity index (χ3v) is 0. The van der Waals surface area contributed by atoms with Crippen molar-refractivity contribution in [2.24, 2.45) is 0 Å². The smallest absolute Gasteiger partial charge is 0.0992 e. The molecule has 0 aliphatic heterocycles. The maximum Gasteiger partial charge on any atom is 0.0992 e. The second-order valence-electron chi connectivity index (χ2n) is 0.647. The van der Waals surface area contributed by atoms with Crippen molar-refractivity contribution in [3.05, 3.63) is 35.3 Å². The highest BCUT2D eigenvalue weighted by Gasteiger charge is 1.60. The molecule has 0 heterocycles. The molecule has 0 spiro atoms. The maximum atomic E-state index is 4.85. The van der Waals surface area contributed by atoms with Gasteiger partial charge in [-0.15, -0.1) is 12.4 Å². The zero-order chi connectivity index (χ0) is 8.99. The first-order valence-corrected chi connectivity index (χ1v) is 3.61. The van der Waals surface area contributed by atoms with Crippen molar-refractivity contribution in [2.45, 2.75) is 0 Å². The third kappa shape index (κ3) is 1790. The third-order valence-electron chi connectivity index (χ3n) is 0. The first kappa shape index (κ1) is 22.6. The molecule has 0 saturated heterocycles.